The second kappa shape index (κ2) is 8.04. The van der Waals surface area contributed by atoms with Crippen molar-refractivity contribution in [2.75, 3.05) is 18.4 Å². The van der Waals surface area contributed by atoms with Gasteiger partial charge in [-0.25, -0.2) is 4.98 Å². The molecular formula is C7H12Cl2FN3. The van der Waals surface area contributed by atoms with Gasteiger partial charge in [0.2, 0.25) is 5.95 Å². The maximum atomic E-state index is 12.4. The van der Waals surface area contributed by atoms with E-state index in [-0.39, 0.29) is 24.8 Å². The second-order valence-corrected chi connectivity index (χ2v) is 2.06. The van der Waals surface area contributed by atoms with Gasteiger partial charge in [-0.15, -0.1) is 24.8 Å². The molecule has 76 valence electrons. The number of nitrogens with two attached hydrogens (primary N) is 1. The molecule has 1 aromatic rings. The molecule has 0 aliphatic rings. The Morgan fingerprint density at radius 2 is 2.08 bits per heavy atom. The lowest BCUT2D eigenvalue weighted by Crippen LogP contribution is -2.13. The first-order chi connectivity index (χ1) is 5.33. The molecule has 0 fully saturated rings. The largest absolute Gasteiger partial charge is 0.369 e. The Kier molecular flexibility index (Phi) is 9.22. The van der Waals surface area contributed by atoms with Crippen LogP contribution in [0.2, 0.25) is 0 Å². The zero-order valence-electron chi connectivity index (χ0n) is 6.87. The van der Waals surface area contributed by atoms with Gasteiger partial charge in [0.1, 0.15) is 5.82 Å². The number of aromatic nitrogens is 1. The van der Waals surface area contributed by atoms with Gasteiger partial charge in [-0.3, -0.25) is 0 Å². The molecule has 0 atom stereocenters. The fourth-order valence-corrected chi connectivity index (χ4v) is 0.707. The lowest BCUT2D eigenvalue weighted by atomic mass is 10.4. The van der Waals surface area contributed by atoms with E-state index in [0.717, 1.165) is 0 Å². The van der Waals surface area contributed by atoms with Crippen molar-refractivity contribution in [3.63, 3.8) is 0 Å². The minimum absolute atomic E-state index is 0. The van der Waals surface area contributed by atoms with Crippen LogP contribution in [0.5, 0.6) is 0 Å². The highest BCUT2D eigenvalue weighted by molar-refractivity contribution is 5.85. The first-order valence-electron chi connectivity index (χ1n) is 3.39. The first-order valence-corrected chi connectivity index (χ1v) is 3.39. The van der Waals surface area contributed by atoms with Crippen LogP contribution in [-0.2, 0) is 0 Å². The van der Waals surface area contributed by atoms with Gasteiger partial charge in [-0.2, -0.15) is 4.39 Å². The van der Waals surface area contributed by atoms with Crippen LogP contribution < -0.4 is 11.1 Å². The molecule has 0 amide bonds. The molecule has 0 aliphatic heterocycles. The predicted octanol–water partition coefficient (Wildman–Crippen LogP) is 1.43. The summed E-state index contributed by atoms with van der Waals surface area (Å²) in [6.45, 7) is 1.12. The van der Waals surface area contributed by atoms with Gasteiger partial charge in [0, 0.05) is 13.1 Å². The quantitative estimate of drug-likeness (QED) is 0.769. The van der Waals surface area contributed by atoms with Gasteiger partial charge < -0.3 is 11.1 Å². The summed E-state index contributed by atoms with van der Waals surface area (Å²) in [6.07, 6.45) is 0. The summed E-state index contributed by atoms with van der Waals surface area (Å²) in [5.41, 5.74) is 5.23. The Bertz CT molecular complexity index is 235. The normalized spacial score (nSPS) is 8.15. The van der Waals surface area contributed by atoms with Crippen LogP contribution in [-0.4, -0.2) is 18.1 Å². The molecule has 0 bridgehead atoms. The van der Waals surface area contributed by atoms with Crippen LogP contribution in [0.25, 0.3) is 0 Å². The van der Waals surface area contributed by atoms with Crippen LogP contribution >= 0.6 is 24.8 Å². The number of halogens is 3. The van der Waals surface area contributed by atoms with Crippen molar-refractivity contribution < 1.29 is 4.39 Å². The van der Waals surface area contributed by atoms with Gasteiger partial charge in [0.05, 0.1) is 0 Å². The number of rotatable bonds is 3. The molecule has 13 heavy (non-hydrogen) atoms. The van der Waals surface area contributed by atoms with E-state index in [0.29, 0.717) is 18.9 Å². The molecule has 0 saturated carbocycles. The van der Waals surface area contributed by atoms with Gasteiger partial charge >= 0.3 is 0 Å². The molecule has 1 heterocycles. The minimum atomic E-state index is -0.480. The third-order valence-electron chi connectivity index (χ3n) is 1.17. The third kappa shape index (κ3) is 5.63. The number of nitrogens with one attached hydrogen (secondary N) is 1. The summed E-state index contributed by atoms with van der Waals surface area (Å²) in [5.74, 6) is 0.0440. The summed E-state index contributed by atoms with van der Waals surface area (Å²) in [4.78, 5) is 3.58. The lowest BCUT2D eigenvalue weighted by Gasteiger charge is -2.01. The molecule has 0 aromatic carbocycles. The van der Waals surface area contributed by atoms with E-state index < -0.39 is 5.95 Å². The molecule has 1 rings (SSSR count). The monoisotopic (exact) mass is 227 g/mol. The first kappa shape index (κ1) is 14.9. The van der Waals surface area contributed by atoms with Crippen LogP contribution in [0.15, 0.2) is 18.2 Å². The fourth-order valence-electron chi connectivity index (χ4n) is 0.707. The summed E-state index contributed by atoms with van der Waals surface area (Å²) < 4.78 is 12.4. The molecule has 0 spiro atoms. The minimum Gasteiger partial charge on any atom is -0.369 e. The Balaban J connectivity index is 0. The van der Waals surface area contributed by atoms with E-state index >= 15 is 0 Å². The molecule has 6 heteroatoms. The van der Waals surface area contributed by atoms with Crippen LogP contribution in [0.4, 0.5) is 10.2 Å². The highest BCUT2D eigenvalue weighted by Gasteiger charge is 1.92. The van der Waals surface area contributed by atoms with Gasteiger partial charge in [-0.1, -0.05) is 6.07 Å². The topological polar surface area (TPSA) is 50.9 Å². The van der Waals surface area contributed by atoms with Gasteiger partial charge in [0.15, 0.2) is 0 Å². The Morgan fingerprint density at radius 1 is 1.38 bits per heavy atom. The van der Waals surface area contributed by atoms with Gasteiger partial charge in [0.25, 0.3) is 0 Å². The molecule has 0 saturated heterocycles. The number of hydrogen-bond acceptors (Lipinski definition) is 3. The number of anilines is 1. The lowest BCUT2D eigenvalue weighted by molar-refractivity contribution is 0.585. The number of pyridine rings is 1. The van der Waals surface area contributed by atoms with E-state index in [1.54, 1.807) is 12.1 Å². The van der Waals surface area contributed by atoms with E-state index in [1.807, 2.05) is 0 Å². The van der Waals surface area contributed by atoms with Crippen molar-refractivity contribution >= 4 is 30.6 Å². The van der Waals surface area contributed by atoms with E-state index in [4.69, 9.17) is 5.73 Å². The Labute approximate surface area is 88.7 Å². The molecule has 0 radical (unpaired) electrons. The molecular weight excluding hydrogens is 216 g/mol. The standard InChI is InChI=1S/C7H10FN3.2ClH/c8-6-2-1-3-7(11-6)10-5-4-9;;/h1-3H,4-5,9H2,(H,10,11);2*1H. The van der Waals surface area contributed by atoms with Crippen LogP contribution in [0.1, 0.15) is 0 Å². The average Bonchev–Trinajstić information content (AvgIpc) is 2.01. The number of nitrogens with zero attached hydrogens (tertiary/aromatic N) is 1. The van der Waals surface area contributed by atoms with Crippen molar-refractivity contribution in [3.05, 3.63) is 24.1 Å². The molecule has 0 aliphatic carbocycles. The summed E-state index contributed by atoms with van der Waals surface area (Å²) in [7, 11) is 0. The van der Waals surface area contributed by atoms with Crippen molar-refractivity contribution in [3.8, 4) is 0 Å². The fraction of sp³-hybridized carbons (Fsp3) is 0.286. The van der Waals surface area contributed by atoms with E-state index in [2.05, 4.69) is 10.3 Å². The highest BCUT2D eigenvalue weighted by Crippen LogP contribution is 2.01. The van der Waals surface area contributed by atoms with Crippen molar-refractivity contribution in [1.82, 2.24) is 4.98 Å². The van der Waals surface area contributed by atoms with E-state index in [9.17, 15) is 4.39 Å². The Hall–Kier alpha value is -0.580. The highest BCUT2D eigenvalue weighted by atomic mass is 35.5. The smallest absolute Gasteiger partial charge is 0.214 e. The zero-order chi connectivity index (χ0) is 8.10. The summed E-state index contributed by atoms with van der Waals surface area (Å²) in [5, 5.41) is 2.86. The van der Waals surface area contributed by atoms with Crippen molar-refractivity contribution in [2.24, 2.45) is 5.73 Å². The molecule has 0 unspecified atom stereocenters. The summed E-state index contributed by atoms with van der Waals surface area (Å²) >= 11 is 0. The summed E-state index contributed by atoms with van der Waals surface area (Å²) in [6, 6.07) is 4.59. The third-order valence-corrected chi connectivity index (χ3v) is 1.17. The predicted molar refractivity (Wildman–Crippen MR) is 56.2 cm³/mol. The SMILES string of the molecule is Cl.Cl.NCCNc1cccc(F)n1. The maximum absolute atomic E-state index is 12.4. The zero-order valence-corrected chi connectivity index (χ0v) is 8.50. The molecule has 1 aromatic heterocycles. The number of hydrogen-bond donors (Lipinski definition) is 2. The van der Waals surface area contributed by atoms with Crippen molar-refractivity contribution in [2.45, 2.75) is 0 Å². The van der Waals surface area contributed by atoms with E-state index in [1.165, 1.54) is 6.07 Å². The second-order valence-electron chi connectivity index (χ2n) is 2.06. The van der Waals surface area contributed by atoms with Gasteiger partial charge in [-0.05, 0) is 12.1 Å². The van der Waals surface area contributed by atoms with Crippen molar-refractivity contribution in [1.29, 1.82) is 0 Å². The van der Waals surface area contributed by atoms with Crippen LogP contribution in [0.3, 0.4) is 0 Å². The van der Waals surface area contributed by atoms with Crippen LogP contribution in [0, 0.1) is 5.95 Å². The Morgan fingerprint density at radius 3 is 2.62 bits per heavy atom. The average molecular weight is 228 g/mol. The maximum Gasteiger partial charge on any atom is 0.214 e. The molecule has 3 N–H and O–H groups in total. The molecule has 3 nitrogen and oxygen atoms in total.